The van der Waals surface area contributed by atoms with Gasteiger partial charge in [0.15, 0.2) is 30.4 Å². The number of ether oxygens (including phenoxy) is 7. The summed E-state index contributed by atoms with van der Waals surface area (Å²) < 4.78 is 39.8. The number of rotatable bonds is 22. The second-order valence-corrected chi connectivity index (χ2v) is 15.6. The van der Waals surface area contributed by atoms with Gasteiger partial charge in [0, 0.05) is 31.9 Å². The molecule has 21 nitrogen and oxygen atoms in total. The molecular weight excluding hydrogens is 836 g/mol. The molecule has 0 bridgehead atoms. The highest BCUT2D eigenvalue weighted by molar-refractivity contribution is 5.97. The van der Waals surface area contributed by atoms with Crippen molar-refractivity contribution in [3.8, 4) is 16.9 Å². The van der Waals surface area contributed by atoms with E-state index in [1.54, 1.807) is 18.2 Å². The zero-order valence-corrected chi connectivity index (χ0v) is 34.7. The quantitative estimate of drug-likeness (QED) is 0.0414. The van der Waals surface area contributed by atoms with Crippen molar-refractivity contribution >= 4 is 17.5 Å². The minimum Gasteiger partial charge on any atom is -0.486 e. The predicted molar refractivity (Wildman–Crippen MR) is 215 cm³/mol. The van der Waals surface area contributed by atoms with Crippen molar-refractivity contribution < 1.29 is 93.5 Å². The van der Waals surface area contributed by atoms with Crippen LogP contribution in [0.15, 0.2) is 48.5 Å². The molecule has 12 N–H and O–H groups in total. The Bertz CT molecular complexity index is 1750. The van der Waals surface area contributed by atoms with E-state index in [4.69, 9.17) is 38.9 Å². The number of aliphatic hydroxyl groups is 9. The fraction of sp³-hybridized carbons (Fsp3) is 0.643. The van der Waals surface area contributed by atoms with Gasteiger partial charge in [0.05, 0.1) is 19.8 Å². The smallest absolute Gasteiger partial charge is 0.217 e. The van der Waals surface area contributed by atoms with Crippen molar-refractivity contribution in [2.75, 3.05) is 39.6 Å². The molecule has 0 aromatic heterocycles. The Morgan fingerprint density at radius 2 is 1.30 bits per heavy atom. The molecule has 3 heterocycles. The molecule has 0 radical (unpaired) electrons. The van der Waals surface area contributed by atoms with Crippen molar-refractivity contribution in [1.82, 2.24) is 5.32 Å². The normalized spacial score (nSPS) is 33.4. The molecule has 0 aliphatic carbocycles. The predicted octanol–water partition coefficient (Wildman–Crippen LogP) is -3.00. The number of hydrogen-bond donors (Lipinski definition) is 11. The van der Waals surface area contributed by atoms with E-state index in [9.17, 15) is 60.3 Å². The Labute approximate surface area is 363 Å². The molecule has 0 saturated carbocycles. The number of amides is 1. The van der Waals surface area contributed by atoms with Gasteiger partial charge < -0.3 is 90.2 Å². The molecule has 5 rings (SSSR count). The number of carbonyl (C=O) groups excluding carboxylic acids is 3. The molecule has 15 atom stereocenters. The molecule has 2 aromatic carbocycles. The number of carbonyl (C=O) groups is 3. The van der Waals surface area contributed by atoms with Crippen LogP contribution in [0.1, 0.15) is 49.4 Å². The van der Waals surface area contributed by atoms with Crippen LogP contribution >= 0.6 is 0 Å². The first-order chi connectivity index (χ1) is 30.2. The molecule has 3 saturated heterocycles. The van der Waals surface area contributed by atoms with Gasteiger partial charge in [0.1, 0.15) is 85.5 Å². The second-order valence-electron chi connectivity index (χ2n) is 15.6. The highest BCUT2D eigenvalue weighted by atomic mass is 16.8. The van der Waals surface area contributed by atoms with Crippen LogP contribution in [-0.2, 0) is 38.0 Å². The van der Waals surface area contributed by atoms with Crippen molar-refractivity contribution in [2.24, 2.45) is 5.73 Å². The molecule has 21 heteroatoms. The Balaban J connectivity index is 1.11. The molecular formula is C42H60N2O19. The maximum Gasteiger partial charge on any atom is 0.217 e. The molecule has 2 aromatic rings. The van der Waals surface area contributed by atoms with Gasteiger partial charge in [-0.25, -0.2) is 0 Å². The van der Waals surface area contributed by atoms with Crippen molar-refractivity contribution in [3.63, 3.8) is 0 Å². The number of nitrogens with two attached hydrogens (primary N) is 1. The van der Waals surface area contributed by atoms with Gasteiger partial charge in [-0.15, -0.1) is 0 Å². The lowest BCUT2D eigenvalue weighted by Crippen LogP contribution is -2.68. The number of hydrogen-bond acceptors (Lipinski definition) is 20. The summed E-state index contributed by atoms with van der Waals surface area (Å²) in [5.41, 5.74) is 7.87. The summed E-state index contributed by atoms with van der Waals surface area (Å²) in [6.45, 7) is -0.951. The maximum atomic E-state index is 12.6. The average Bonchev–Trinajstić information content (AvgIpc) is 3.28. The highest BCUT2D eigenvalue weighted by Gasteiger charge is 2.54. The number of Topliss-reactive ketones (excluding diaryl/α,β-unsaturated/α-hetero) is 2. The van der Waals surface area contributed by atoms with E-state index in [0.29, 0.717) is 43.5 Å². The van der Waals surface area contributed by atoms with Crippen LogP contribution in [-0.4, -0.2) is 195 Å². The number of nitrogens with one attached hydrogen (secondary N) is 1. The van der Waals surface area contributed by atoms with Gasteiger partial charge >= 0.3 is 0 Å². The number of unbranched alkanes of at least 4 members (excludes halogenated alkanes) is 1. The Hall–Kier alpha value is -3.59. The van der Waals surface area contributed by atoms with Crippen LogP contribution in [0.3, 0.4) is 0 Å². The number of benzene rings is 2. The minimum atomic E-state index is -1.96. The fourth-order valence-corrected chi connectivity index (χ4v) is 7.46. The highest BCUT2D eigenvalue weighted by Crippen LogP contribution is 2.33. The summed E-state index contributed by atoms with van der Waals surface area (Å²) in [5.74, 6) is -0.258. The summed E-state index contributed by atoms with van der Waals surface area (Å²) in [6.07, 6.45) is -21.5. The molecule has 352 valence electrons. The van der Waals surface area contributed by atoms with Gasteiger partial charge in [-0.2, -0.15) is 0 Å². The first kappa shape index (κ1) is 50.4. The van der Waals surface area contributed by atoms with E-state index in [-0.39, 0.29) is 31.2 Å². The molecule has 3 aliphatic rings. The van der Waals surface area contributed by atoms with Gasteiger partial charge in [0.2, 0.25) is 5.91 Å². The fourth-order valence-electron chi connectivity index (χ4n) is 7.46. The number of ketones is 2. The molecule has 3 fully saturated rings. The Morgan fingerprint density at radius 3 is 1.95 bits per heavy atom. The first-order valence-electron chi connectivity index (χ1n) is 20.9. The zero-order chi connectivity index (χ0) is 45.8. The van der Waals surface area contributed by atoms with Crippen LogP contribution in [0.2, 0.25) is 0 Å². The van der Waals surface area contributed by atoms with Crippen molar-refractivity contribution in [2.45, 2.75) is 131 Å². The summed E-state index contributed by atoms with van der Waals surface area (Å²) in [6, 6.07) is 13.2. The van der Waals surface area contributed by atoms with Gasteiger partial charge in [-0.1, -0.05) is 30.3 Å². The van der Waals surface area contributed by atoms with E-state index < -0.39 is 118 Å². The lowest BCUT2D eigenvalue weighted by atomic mass is 9.95. The molecule has 3 aliphatic heterocycles. The molecule has 0 spiro atoms. The van der Waals surface area contributed by atoms with Crippen LogP contribution in [0, 0.1) is 0 Å². The van der Waals surface area contributed by atoms with Crippen molar-refractivity contribution in [1.29, 1.82) is 0 Å². The summed E-state index contributed by atoms with van der Waals surface area (Å²) in [4.78, 5) is 37.3. The molecule has 6 unspecified atom stereocenters. The third-order valence-corrected chi connectivity index (χ3v) is 11.0. The van der Waals surface area contributed by atoms with Crippen LogP contribution in [0.25, 0.3) is 11.1 Å². The van der Waals surface area contributed by atoms with E-state index in [2.05, 4.69) is 5.32 Å². The average molecular weight is 897 g/mol. The molecule has 63 heavy (non-hydrogen) atoms. The number of aliphatic hydroxyl groups excluding tert-OH is 9. The topological polar surface area (TPSA) is 336 Å². The van der Waals surface area contributed by atoms with Crippen LogP contribution in [0.4, 0.5) is 0 Å². The van der Waals surface area contributed by atoms with E-state index in [1.165, 1.54) is 6.92 Å². The molecule has 1 amide bonds. The summed E-state index contributed by atoms with van der Waals surface area (Å²) >= 11 is 0. The minimum absolute atomic E-state index is 0.00402. The first-order valence-corrected chi connectivity index (χ1v) is 20.9. The SMILES string of the molecule is CC(=O)NC1[C@H](OCCCCC(=O)COc2ccc(-c3cccc(C(=O)CCCN)c3)cc2)OC(CO)[C@@H](O[C@@H]2OC(CO)[C@H](O)[C@H](O[C@H]3OC(CO)[C@H](O)[C@H](O)C3O)C2O)[C@@H]1O. The van der Waals surface area contributed by atoms with E-state index >= 15 is 0 Å². The van der Waals surface area contributed by atoms with E-state index in [0.717, 1.165) is 11.1 Å². The van der Waals surface area contributed by atoms with Crippen molar-refractivity contribution in [3.05, 3.63) is 54.1 Å². The van der Waals surface area contributed by atoms with Gasteiger partial charge in [-0.05, 0) is 55.1 Å². The third kappa shape index (κ3) is 13.0. The third-order valence-electron chi connectivity index (χ3n) is 11.0. The summed E-state index contributed by atoms with van der Waals surface area (Å²) in [5, 5.41) is 96.7. The lowest BCUT2D eigenvalue weighted by Gasteiger charge is -2.48. The zero-order valence-electron chi connectivity index (χ0n) is 34.7. The Kier molecular flexibility index (Phi) is 19.3. The van der Waals surface area contributed by atoms with Gasteiger partial charge in [-0.3, -0.25) is 14.4 Å². The van der Waals surface area contributed by atoms with Gasteiger partial charge in [0.25, 0.3) is 0 Å². The van der Waals surface area contributed by atoms with Crippen LogP contribution in [0.5, 0.6) is 5.75 Å². The standard InChI is InChI=1S/C42H60N2O19/c1-21(48)44-31-34(53)38(62-42-37(56)39(33(52)29(18-46)60-42)63-41-36(55)35(54)32(51)28(17-45)59-41)30(19-47)61-40(31)57-15-3-2-8-25(49)20-58-26-12-10-22(11-13-26)23-6-4-7-24(16-23)27(50)9-5-14-43/h4,6-7,10-13,16,28-42,45-47,51-56H,2-3,5,8-9,14-15,17-20,43H2,1H3,(H,44,48)/t28?,29?,30?,31?,32-,33-,34+,35-,36?,37?,38+,39-,40+,41+,42-/m0/s1. The summed E-state index contributed by atoms with van der Waals surface area (Å²) in [7, 11) is 0. The van der Waals surface area contributed by atoms with Crippen LogP contribution < -0.4 is 15.8 Å². The monoisotopic (exact) mass is 896 g/mol. The van der Waals surface area contributed by atoms with E-state index in [1.807, 2.05) is 30.3 Å². The largest absolute Gasteiger partial charge is 0.486 e. The maximum absolute atomic E-state index is 12.6. The lowest BCUT2D eigenvalue weighted by molar-refractivity contribution is -0.376. The Morgan fingerprint density at radius 1 is 0.667 bits per heavy atom. The second kappa shape index (κ2) is 24.1.